The van der Waals surface area contributed by atoms with E-state index in [9.17, 15) is 0 Å². The zero-order valence-electron chi connectivity index (χ0n) is 11.8. The molecular formula is C13H25N5. The normalized spacial score (nSPS) is 19.3. The highest BCUT2D eigenvalue weighted by Crippen LogP contribution is 2.38. The van der Waals surface area contributed by atoms with E-state index in [2.05, 4.69) is 34.6 Å². The number of hydrogen-bond donors (Lipinski definition) is 1. The van der Waals surface area contributed by atoms with Crippen LogP contribution in [0.4, 0.5) is 0 Å². The molecular weight excluding hydrogens is 226 g/mol. The molecule has 5 nitrogen and oxygen atoms in total. The standard InChI is InChI=1S/C13H25N5/c1-11(2)14-10-13(7-5-4-6-8-13)9-12-15-17-18(3)16-12/h11,14H,4-10H2,1-3H3. The van der Waals surface area contributed by atoms with Crippen LogP contribution in [0, 0.1) is 5.41 Å². The lowest BCUT2D eigenvalue weighted by Gasteiger charge is -2.37. The Morgan fingerprint density at radius 3 is 2.56 bits per heavy atom. The highest BCUT2D eigenvalue weighted by molar-refractivity contribution is 4.94. The smallest absolute Gasteiger partial charge is 0.175 e. The van der Waals surface area contributed by atoms with Crippen molar-refractivity contribution in [3.05, 3.63) is 5.82 Å². The van der Waals surface area contributed by atoms with Crippen LogP contribution in [0.5, 0.6) is 0 Å². The van der Waals surface area contributed by atoms with Crippen molar-refractivity contribution in [3.8, 4) is 0 Å². The molecule has 1 N–H and O–H groups in total. The van der Waals surface area contributed by atoms with Crippen LogP contribution in [-0.4, -0.2) is 32.8 Å². The summed E-state index contributed by atoms with van der Waals surface area (Å²) >= 11 is 0. The molecule has 2 rings (SSSR count). The maximum absolute atomic E-state index is 4.34. The van der Waals surface area contributed by atoms with Gasteiger partial charge in [-0.3, -0.25) is 0 Å². The first kappa shape index (κ1) is 13.5. The van der Waals surface area contributed by atoms with Crippen molar-refractivity contribution in [2.24, 2.45) is 12.5 Å². The quantitative estimate of drug-likeness (QED) is 0.865. The highest BCUT2D eigenvalue weighted by atomic mass is 15.6. The van der Waals surface area contributed by atoms with Gasteiger partial charge in [-0.15, -0.1) is 10.2 Å². The third-order valence-electron chi connectivity index (χ3n) is 3.88. The molecule has 102 valence electrons. The maximum atomic E-state index is 4.34. The summed E-state index contributed by atoms with van der Waals surface area (Å²) in [7, 11) is 1.83. The Morgan fingerprint density at radius 2 is 2.00 bits per heavy atom. The van der Waals surface area contributed by atoms with Gasteiger partial charge in [0.1, 0.15) is 0 Å². The Labute approximate surface area is 109 Å². The van der Waals surface area contributed by atoms with E-state index in [4.69, 9.17) is 0 Å². The minimum absolute atomic E-state index is 0.339. The fraction of sp³-hybridized carbons (Fsp3) is 0.923. The van der Waals surface area contributed by atoms with E-state index in [1.807, 2.05) is 7.05 Å². The van der Waals surface area contributed by atoms with Gasteiger partial charge in [0, 0.05) is 19.0 Å². The molecule has 0 spiro atoms. The molecule has 0 atom stereocenters. The zero-order valence-corrected chi connectivity index (χ0v) is 11.8. The molecule has 0 unspecified atom stereocenters. The molecule has 1 saturated carbocycles. The number of rotatable bonds is 5. The SMILES string of the molecule is CC(C)NCC1(Cc2nnn(C)n2)CCCCC1. The van der Waals surface area contributed by atoms with Gasteiger partial charge in [0.05, 0.1) is 7.05 Å². The van der Waals surface area contributed by atoms with Crippen LogP contribution in [0.2, 0.25) is 0 Å². The summed E-state index contributed by atoms with van der Waals surface area (Å²) in [6.45, 7) is 5.48. The second kappa shape index (κ2) is 5.78. The van der Waals surface area contributed by atoms with Crippen LogP contribution < -0.4 is 5.32 Å². The second-order valence-corrected chi connectivity index (χ2v) is 5.97. The summed E-state index contributed by atoms with van der Waals surface area (Å²) in [5, 5.41) is 16.0. The molecule has 1 fully saturated rings. The molecule has 0 bridgehead atoms. The molecule has 1 heterocycles. The van der Waals surface area contributed by atoms with E-state index in [0.29, 0.717) is 11.5 Å². The average Bonchev–Trinajstić information content (AvgIpc) is 2.73. The lowest BCUT2D eigenvalue weighted by atomic mass is 9.71. The maximum Gasteiger partial charge on any atom is 0.175 e. The molecule has 1 aliphatic carbocycles. The van der Waals surface area contributed by atoms with Crippen LogP contribution in [0.1, 0.15) is 51.8 Å². The van der Waals surface area contributed by atoms with Gasteiger partial charge in [-0.1, -0.05) is 33.1 Å². The first-order valence-corrected chi connectivity index (χ1v) is 7.06. The van der Waals surface area contributed by atoms with E-state index in [0.717, 1.165) is 18.8 Å². The third kappa shape index (κ3) is 3.51. The fourth-order valence-electron chi connectivity index (χ4n) is 2.87. The molecule has 1 aliphatic rings. The summed E-state index contributed by atoms with van der Waals surface area (Å²) in [5.74, 6) is 0.893. The van der Waals surface area contributed by atoms with Crippen molar-refractivity contribution in [2.75, 3.05) is 6.54 Å². The van der Waals surface area contributed by atoms with E-state index >= 15 is 0 Å². The van der Waals surface area contributed by atoms with Gasteiger partial charge >= 0.3 is 0 Å². The summed E-state index contributed by atoms with van der Waals surface area (Å²) < 4.78 is 0. The van der Waals surface area contributed by atoms with Crippen molar-refractivity contribution < 1.29 is 0 Å². The zero-order chi connectivity index (χ0) is 13.0. The van der Waals surface area contributed by atoms with Gasteiger partial charge in [0.15, 0.2) is 5.82 Å². The molecule has 1 aromatic rings. The first-order valence-electron chi connectivity index (χ1n) is 7.06. The summed E-state index contributed by atoms with van der Waals surface area (Å²) in [5.41, 5.74) is 0.339. The van der Waals surface area contributed by atoms with Crippen LogP contribution in [-0.2, 0) is 13.5 Å². The minimum atomic E-state index is 0.339. The molecule has 18 heavy (non-hydrogen) atoms. The molecule has 0 radical (unpaired) electrons. The number of hydrogen-bond acceptors (Lipinski definition) is 4. The molecule has 0 aliphatic heterocycles. The minimum Gasteiger partial charge on any atom is -0.314 e. The van der Waals surface area contributed by atoms with Crippen LogP contribution >= 0.6 is 0 Å². The predicted octanol–water partition coefficient (Wildman–Crippen LogP) is 1.70. The van der Waals surface area contributed by atoms with E-state index < -0.39 is 0 Å². The summed E-state index contributed by atoms with van der Waals surface area (Å²) in [6.07, 6.45) is 7.56. The fourth-order valence-corrected chi connectivity index (χ4v) is 2.87. The number of aryl methyl sites for hydroxylation is 1. The van der Waals surface area contributed by atoms with Crippen molar-refractivity contribution in [2.45, 2.75) is 58.4 Å². The van der Waals surface area contributed by atoms with Crippen LogP contribution in [0.3, 0.4) is 0 Å². The van der Waals surface area contributed by atoms with Crippen molar-refractivity contribution in [1.29, 1.82) is 0 Å². The molecule has 0 saturated heterocycles. The lowest BCUT2D eigenvalue weighted by molar-refractivity contribution is 0.173. The van der Waals surface area contributed by atoms with E-state index in [1.165, 1.54) is 32.1 Å². The van der Waals surface area contributed by atoms with Gasteiger partial charge < -0.3 is 5.32 Å². The summed E-state index contributed by atoms with van der Waals surface area (Å²) in [4.78, 5) is 1.56. The van der Waals surface area contributed by atoms with Crippen molar-refractivity contribution in [3.63, 3.8) is 0 Å². The van der Waals surface area contributed by atoms with Crippen molar-refractivity contribution >= 4 is 0 Å². The molecule has 0 aromatic carbocycles. The largest absolute Gasteiger partial charge is 0.314 e. The van der Waals surface area contributed by atoms with Crippen LogP contribution in [0.25, 0.3) is 0 Å². The Bertz CT molecular complexity index is 365. The van der Waals surface area contributed by atoms with Gasteiger partial charge in [0.25, 0.3) is 0 Å². The Balaban J connectivity index is 2.03. The Morgan fingerprint density at radius 1 is 1.28 bits per heavy atom. The number of tetrazole rings is 1. The van der Waals surface area contributed by atoms with Gasteiger partial charge in [-0.05, 0) is 23.5 Å². The van der Waals surface area contributed by atoms with E-state index in [1.54, 1.807) is 4.80 Å². The lowest BCUT2D eigenvalue weighted by Crippen LogP contribution is -2.40. The highest BCUT2D eigenvalue weighted by Gasteiger charge is 2.33. The topological polar surface area (TPSA) is 55.6 Å². The predicted molar refractivity (Wildman–Crippen MR) is 71.2 cm³/mol. The van der Waals surface area contributed by atoms with Gasteiger partial charge in [0.2, 0.25) is 0 Å². The second-order valence-electron chi connectivity index (χ2n) is 5.97. The number of nitrogens with one attached hydrogen (secondary N) is 1. The Hall–Kier alpha value is -0.970. The molecule has 1 aromatic heterocycles. The first-order chi connectivity index (χ1) is 8.60. The van der Waals surface area contributed by atoms with E-state index in [-0.39, 0.29) is 0 Å². The average molecular weight is 251 g/mol. The third-order valence-corrected chi connectivity index (χ3v) is 3.88. The Kier molecular flexibility index (Phi) is 4.32. The number of nitrogens with zero attached hydrogens (tertiary/aromatic N) is 4. The van der Waals surface area contributed by atoms with Crippen molar-refractivity contribution in [1.82, 2.24) is 25.5 Å². The monoisotopic (exact) mass is 251 g/mol. The molecule has 5 heteroatoms. The van der Waals surface area contributed by atoms with Gasteiger partial charge in [-0.2, -0.15) is 4.80 Å². The molecule has 0 amide bonds. The van der Waals surface area contributed by atoms with Gasteiger partial charge in [-0.25, -0.2) is 0 Å². The van der Waals surface area contributed by atoms with Crippen LogP contribution in [0.15, 0.2) is 0 Å². The number of aromatic nitrogens is 4. The summed E-state index contributed by atoms with van der Waals surface area (Å²) in [6, 6.07) is 0.540.